The number of piperidine rings is 1. The summed E-state index contributed by atoms with van der Waals surface area (Å²) in [6.45, 7) is 5.91. The summed E-state index contributed by atoms with van der Waals surface area (Å²) >= 11 is 0. The molecule has 0 saturated carbocycles. The van der Waals surface area contributed by atoms with Crippen LogP contribution in [0.2, 0.25) is 0 Å². The molecule has 2 heterocycles. The Labute approximate surface area is 128 Å². The quantitative estimate of drug-likeness (QED) is 0.928. The molecule has 0 radical (unpaired) electrons. The Morgan fingerprint density at radius 2 is 1.95 bits per heavy atom. The second-order valence-corrected chi connectivity index (χ2v) is 6.02. The first kappa shape index (κ1) is 15.6. The summed E-state index contributed by atoms with van der Waals surface area (Å²) in [4.78, 5) is 2.60. The Morgan fingerprint density at radius 1 is 1.20 bits per heavy atom. The summed E-state index contributed by atoms with van der Waals surface area (Å²) in [5, 5.41) is 3.48. The van der Waals surface area contributed by atoms with Crippen LogP contribution in [0.1, 0.15) is 24.8 Å². The van der Waals surface area contributed by atoms with E-state index in [0.717, 1.165) is 12.3 Å². The van der Waals surface area contributed by atoms with Gasteiger partial charge in [-0.1, -0.05) is 18.2 Å². The van der Waals surface area contributed by atoms with Crippen molar-refractivity contribution in [2.75, 3.05) is 33.3 Å². The van der Waals surface area contributed by atoms with Crippen LogP contribution < -0.4 is 10.1 Å². The minimum atomic E-state index is 0. The van der Waals surface area contributed by atoms with Gasteiger partial charge in [-0.2, -0.15) is 0 Å². The van der Waals surface area contributed by atoms with Crippen molar-refractivity contribution in [1.82, 2.24) is 10.2 Å². The van der Waals surface area contributed by atoms with Crippen LogP contribution in [0.4, 0.5) is 0 Å². The highest BCUT2D eigenvalue weighted by molar-refractivity contribution is 5.85. The summed E-state index contributed by atoms with van der Waals surface area (Å²) in [6.07, 6.45) is 4.05. The summed E-state index contributed by atoms with van der Waals surface area (Å²) in [7, 11) is 1.76. The third-order valence-electron chi connectivity index (χ3n) is 4.77. The maximum atomic E-state index is 5.46. The van der Waals surface area contributed by atoms with Crippen LogP contribution in [0, 0.1) is 5.41 Å². The summed E-state index contributed by atoms with van der Waals surface area (Å²) in [5.41, 5.74) is 1.91. The summed E-state index contributed by atoms with van der Waals surface area (Å²) in [5.74, 6) is 1.02. The number of benzene rings is 1. The third-order valence-corrected chi connectivity index (χ3v) is 4.77. The molecule has 2 saturated heterocycles. The van der Waals surface area contributed by atoms with Crippen LogP contribution in [0.3, 0.4) is 0 Å². The molecule has 1 aromatic rings. The van der Waals surface area contributed by atoms with E-state index in [1.165, 1.54) is 51.0 Å². The molecule has 0 aromatic heterocycles. The molecule has 1 aromatic carbocycles. The molecule has 20 heavy (non-hydrogen) atoms. The maximum absolute atomic E-state index is 5.46. The molecular weight excluding hydrogens is 272 g/mol. The van der Waals surface area contributed by atoms with Crippen LogP contribution >= 0.6 is 12.4 Å². The molecule has 4 heteroatoms. The molecule has 0 bridgehead atoms. The van der Waals surface area contributed by atoms with Gasteiger partial charge in [0.05, 0.1) is 7.11 Å². The largest absolute Gasteiger partial charge is 0.496 e. The predicted octanol–water partition coefficient (Wildman–Crippen LogP) is 2.69. The van der Waals surface area contributed by atoms with E-state index in [9.17, 15) is 0 Å². The van der Waals surface area contributed by atoms with Gasteiger partial charge in [0.15, 0.2) is 0 Å². The standard InChI is InChI=1S/C16H24N2O.ClH/c1-19-15-5-3-2-4-14(15)12-18-11-8-16(13-18)6-9-17-10-7-16;/h2-5,17H,6-13H2,1H3;1H. The Hall–Kier alpha value is -0.770. The van der Waals surface area contributed by atoms with Crippen molar-refractivity contribution in [3.8, 4) is 5.75 Å². The average molecular weight is 297 g/mol. The van der Waals surface area contributed by atoms with Crippen LogP contribution in [-0.4, -0.2) is 38.2 Å². The van der Waals surface area contributed by atoms with Crippen molar-refractivity contribution < 1.29 is 4.74 Å². The number of hydrogen-bond acceptors (Lipinski definition) is 3. The molecule has 112 valence electrons. The molecular formula is C16H25ClN2O. The molecule has 0 atom stereocenters. The van der Waals surface area contributed by atoms with Crippen LogP contribution in [0.5, 0.6) is 5.75 Å². The van der Waals surface area contributed by atoms with E-state index in [1.54, 1.807) is 7.11 Å². The molecule has 3 nitrogen and oxygen atoms in total. The van der Waals surface area contributed by atoms with E-state index in [1.807, 2.05) is 6.07 Å². The van der Waals surface area contributed by atoms with Crippen LogP contribution in [0.15, 0.2) is 24.3 Å². The molecule has 1 N–H and O–H groups in total. The van der Waals surface area contributed by atoms with E-state index < -0.39 is 0 Å². The first-order valence-corrected chi connectivity index (χ1v) is 7.36. The van der Waals surface area contributed by atoms with E-state index in [2.05, 4.69) is 28.4 Å². The topological polar surface area (TPSA) is 24.5 Å². The Balaban J connectivity index is 0.00000147. The van der Waals surface area contributed by atoms with Crippen molar-refractivity contribution in [1.29, 1.82) is 0 Å². The number of methoxy groups -OCH3 is 1. The fourth-order valence-electron chi connectivity index (χ4n) is 3.60. The molecule has 0 amide bonds. The summed E-state index contributed by atoms with van der Waals surface area (Å²) in [6, 6.07) is 8.40. The van der Waals surface area contributed by atoms with Gasteiger partial charge < -0.3 is 10.1 Å². The minimum Gasteiger partial charge on any atom is -0.496 e. The van der Waals surface area contributed by atoms with Crippen molar-refractivity contribution in [2.24, 2.45) is 5.41 Å². The molecule has 3 rings (SSSR count). The van der Waals surface area contributed by atoms with E-state index in [4.69, 9.17) is 4.74 Å². The molecule has 1 spiro atoms. The molecule has 2 aliphatic rings. The number of nitrogens with one attached hydrogen (secondary N) is 1. The minimum absolute atomic E-state index is 0. The van der Waals surface area contributed by atoms with E-state index in [0.29, 0.717) is 5.41 Å². The van der Waals surface area contributed by atoms with Gasteiger partial charge >= 0.3 is 0 Å². The lowest BCUT2D eigenvalue weighted by Crippen LogP contribution is -2.38. The van der Waals surface area contributed by atoms with Gasteiger partial charge in [0.25, 0.3) is 0 Å². The lowest BCUT2D eigenvalue weighted by molar-refractivity contribution is 0.193. The number of hydrogen-bond donors (Lipinski definition) is 1. The first-order chi connectivity index (χ1) is 9.31. The number of rotatable bonds is 3. The highest BCUT2D eigenvalue weighted by Gasteiger charge is 2.38. The number of ether oxygens (including phenoxy) is 1. The zero-order valence-corrected chi connectivity index (χ0v) is 13.0. The van der Waals surface area contributed by atoms with Gasteiger partial charge in [-0.15, -0.1) is 12.4 Å². The second-order valence-electron chi connectivity index (χ2n) is 6.02. The van der Waals surface area contributed by atoms with E-state index in [-0.39, 0.29) is 12.4 Å². The normalized spacial score (nSPS) is 21.6. The lowest BCUT2D eigenvalue weighted by Gasteiger charge is -2.34. The fraction of sp³-hybridized carbons (Fsp3) is 0.625. The van der Waals surface area contributed by atoms with Crippen LogP contribution in [0.25, 0.3) is 0 Å². The zero-order valence-electron chi connectivity index (χ0n) is 12.2. The maximum Gasteiger partial charge on any atom is 0.123 e. The van der Waals surface area contributed by atoms with Gasteiger partial charge in [-0.3, -0.25) is 4.90 Å². The first-order valence-electron chi connectivity index (χ1n) is 7.36. The molecule has 0 aliphatic carbocycles. The van der Waals surface area contributed by atoms with Crippen molar-refractivity contribution in [3.05, 3.63) is 29.8 Å². The van der Waals surface area contributed by atoms with Gasteiger partial charge in [-0.05, 0) is 50.4 Å². The third kappa shape index (κ3) is 3.27. The highest BCUT2D eigenvalue weighted by Crippen LogP contribution is 2.39. The average Bonchev–Trinajstić information content (AvgIpc) is 2.83. The van der Waals surface area contributed by atoms with Crippen molar-refractivity contribution in [2.45, 2.75) is 25.8 Å². The molecule has 2 aliphatic heterocycles. The predicted molar refractivity (Wildman–Crippen MR) is 84.7 cm³/mol. The number of nitrogens with zero attached hydrogens (tertiary/aromatic N) is 1. The van der Waals surface area contributed by atoms with E-state index >= 15 is 0 Å². The Morgan fingerprint density at radius 3 is 2.70 bits per heavy atom. The van der Waals surface area contributed by atoms with Crippen molar-refractivity contribution >= 4 is 12.4 Å². The van der Waals surface area contributed by atoms with Gasteiger partial charge in [0.2, 0.25) is 0 Å². The number of halogens is 1. The van der Waals surface area contributed by atoms with Crippen molar-refractivity contribution in [3.63, 3.8) is 0 Å². The highest BCUT2D eigenvalue weighted by atomic mass is 35.5. The second kappa shape index (κ2) is 6.79. The fourth-order valence-corrected chi connectivity index (χ4v) is 3.60. The lowest BCUT2D eigenvalue weighted by atomic mass is 9.78. The monoisotopic (exact) mass is 296 g/mol. The smallest absolute Gasteiger partial charge is 0.123 e. The van der Waals surface area contributed by atoms with Gasteiger partial charge in [-0.25, -0.2) is 0 Å². The van der Waals surface area contributed by atoms with Gasteiger partial charge in [0.1, 0.15) is 5.75 Å². The van der Waals surface area contributed by atoms with Gasteiger partial charge in [0, 0.05) is 18.7 Å². The Bertz CT molecular complexity index is 432. The number of likely N-dealkylation sites (tertiary alicyclic amines) is 1. The number of para-hydroxylation sites is 1. The Kier molecular flexibility index (Phi) is 5.30. The molecule has 0 unspecified atom stereocenters. The SMILES string of the molecule is COc1ccccc1CN1CCC2(CCNCC2)C1.Cl. The van der Waals surface area contributed by atoms with Crippen LogP contribution in [-0.2, 0) is 6.54 Å². The zero-order chi connectivity index (χ0) is 13.1. The molecule has 2 fully saturated rings. The summed E-state index contributed by atoms with van der Waals surface area (Å²) < 4.78 is 5.46.